The number of fused-ring (bicyclic) bond motifs is 3. The van der Waals surface area contributed by atoms with Gasteiger partial charge in [0, 0.05) is 31.6 Å². The molecule has 1 saturated heterocycles. The fraction of sp³-hybridized carbons (Fsp3) is 0.444. The zero-order valence-corrected chi connectivity index (χ0v) is 15.6. The average Bonchev–Trinajstić information content (AvgIpc) is 2.66. The van der Waals surface area contributed by atoms with Gasteiger partial charge in [-0.05, 0) is 19.1 Å². The molecule has 2 aliphatic heterocycles. The molecule has 0 radical (unpaired) electrons. The first-order valence-corrected chi connectivity index (χ1v) is 9.73. The highest BCUT2D eigenvalue weighted by molar-refractivity contribution is 8.00. The Hall–Kier alpha value is -2.10. The van der Waals surface area contributed by atoms with E-state index in [4.69, 9.17) is 9.84 Å². The van der Waals surface area contributed by atoms with Crippen LogP contribution in [0.5, 0.6) is 0 Å². The Balaban J connectivity index is 1.88. The maximum absolute atomic E-state index is 14.8. The van der Waals surface area contributed by atoms with Crippen molar-refractivity contribution in [3.8, 4) is 0 Å². The summed E-state index contributed by atoms with van der Waals surface area (Å²) in [6.45, 7) is 4.37. The normalized spacial score (nSPS) is 18.9. The summed E-state index contributed by atoms with van der Waals surface area (Å²) < 4.78 is 21.6. The van der Waals surface area contributed by atoms with Gasteiger partial charge in [0.05, 0.1) is 28.2 Å². The lowest BCUT2D eigenvalue weighted by atomic mass is 10.1. The summed E-state index contributed by atoms with van der Waals surface area (Å²) in [5.74, 6) is -1.26. The van der Waals surface area contributed by atoms with E-state index < -0.39 is 17.2 Å². The Kier molecular flexibility index (Phi) is 4.83. The van der Waals surface area contributed by atoms with Gasteiger partial charge in [0.25, 0.3) is 0 Å². The smallest absolute Gasteiger partial charge is 0.344 e. The van der Waals surface area contributed by atoms with Crippen LogP contribution in [0.15, 0.2) is 22.0 Å². The Bertz CT molecular complexity index is 971. The highest BCUT2D eigenvalue weighted by Gasteiger charge is 2.34. The number of ether oxygens (including phenoxy) is 1. The van der Waals surface area contributed by atoms with E-state index in [-0.39, 0.29) is 29.5 Å². The second-order valence-corrected chi connectivity index (χ2v) is 7.82. The second-order valence-electron chi connectivity index (χ2n) is 6.51. The highest BCUT2D eigenvalue weighted by atomic mass is 32.2. The van der Waals surface area contributed by atoms with Crippen molar-refractivity contribution in [2.24, 2.45) is 0 Å². The largest absolute Gasteiger partial charge is 0.459 e. The van der Waals surface area contributed by atoms with E-state index in [1.165, 1.54) is 17.8 Å². The molecule has 27 heavy (non-hydrogen) atoms. The SMILES string of the molecule is CC1Sc2c(C(=O)OCCO)c(=O)c3cc(F)c(N4CCNCC4)cc3n21. The molecule has 2 N–H and O–H groups in total. The molecule has 0 amide bonds. The number of carbonyl (C=O) groups excluding carboxylic acids is 1. The van der Waals surface area contributed by atoms with Crippen LogP contribution < -0.4 is 15.6 Å². The Morgan fingerprint density at radius 1 is 1.41 bits per heavy atom. The molecular weight excluding hydrogens is 373 g/mol. The van der Waals surface area contributed by atoms with Crippen LogP contribution in [-0.4, -0.2) is 55.0 Å². The number of carbonyl (C=O) groups is 1. The molecule has 3 heterocycles. The van der Waals surface area contributed by atoms with Crippen LogP contribution in [0, 0.1) is 5.82 Å². The van der Waals surface area contributed by atoms with Gasteiger partial charge in [0.2, 0.25) is 5.43 Å². The van der Waals surface area contributed by atoms with E-state index in [1.54, 1.807) is 6.07 Å². The van der Waals surface area contributed by atoms with E-state index in [0.717, 1.165) is 13.1 Å². The lowest BCUT2D eigenvalue weighted by Gasteiger charge is -2.34. The van der Waals surface area contributed by atoms with Crippen LogP contribution in [0.3, 0.4) is 0 Å². The lowest BCUT2D eigenvalue weighted by molar-refractivity contribution is 0.0426. The number of thioether (sulfide) groups is 1. The second kappa shape index (κ2) is 7.14. The van der Waals surface area contributed by atoms with Gasteiger partial charge in [0.1, 0.15) is 18.0 Å². The van der Waals surface area contributed by atoms with Crippen molar-refractivity contribution in [2.45, 2.75) is 17.3 Å². The number of hydrogen-bond donors (Lipinski definition) is 2. The third-order valence-corrected chi connectivity index (χ3v) is 6.04. The third kappa shape index (κ3) is 2.99. The van der Waals surface area contributed by atoms with Gasteiger partial charge in [0.15, 0.2) is 0 Å². The molecule has 0 saturated carbocycles. The molecule has 2 aliphatic rings. The lowest BCUT2D eigenvalue weighted by Crippen LogP contribution is -2.44. The van der Waals surface area contributed by atoms with Gasteiger partial charge < -0.3 is 24.6 Å². The molecule has 0 spiro atoms. The van der Waals surface area contributed by atoms with Gasteiger partial charge in [-0.2, -0.15) is 0 Å². The summed E-state index contributed by atoms with van der Waals surface area (Å²) in [5.41, 5.74) is 0.463. The average molecular weight is 393 g/mol. The summed E-state index contributed by atoms with van der Waals surface area (Å²) in [7, 11) is 0. The molecule has 1 atom stereocenters. The molecular formula is C18H20FN3O4S. The van der Waals surface area contributed by atoms with Crippen molar-refractivity contribution in [2.75, 3.05) is 44.3 Å². The van der Waals surface area contributed by atoms with Gasteiger partial charge in [-0.3, -0.25) is 4.79 Å². The van der Waals surface area contributed by atoms with Crippen LogP contribution in [0.25, 0.3) is 10.9 Å². The van der Waals surface area contributed by atoms with Crippen LogP contribution in [-0.2, 0) is 4.74 Å². The van der Waals surface area contributed by atoms with Gasteiger partial charge in [-0.15, -0.1) is 0 Å². The molecule has 1 aromatic heterocycles. The van der Waals surface area contributed by atoms with Crippen LogP contribution in [0.4, 0.5) is 10.1 Å². The number of halogens is 1. The number of anilines is 1. The van der Waals surface area contributed by atoms with Crippen LogP contribution >= 0.6 is 11.8 Å². The highest BCUT2D eigenvalue weighted by Crippen LogP contribution is 2.46. The zero-order chi connectivity index (χ0) is 19.1. The fourth-order valence-corrected chi connectivity index (χ4v) is 4.72. The Morgan fingerprint density at radius 3 is 2.81 bits per heavy atom. The van der Waals surface area contributed by atoms with Crippen molar-refractivity contribution >= 4 is 34.3 Å². The fourth-order valence-electron chi connectivity index (χ4n) is 3.57. The first-order valence-electron chi connectivity index (χ1n) is 8.85. The summed E-state index contributed by atoms with van der Waals surface area (Å²) in [5, 5.41) is 12.8. The predicted molar refractivity (Wildman–Crippen MR) is 101 cm³/mol. The van der Waals surface area contributed by atoms with Crippen molar-refractivity contribution < 1.29 is 19.0 Å². The molecule has 7 nitrogen and oxygen atoms in total. The number of benzene rings is 1. The molecule has 0 aliphatic carbocycles. The first-order chi connectivity index (χ1) is 13.0. The molecule has 1 aromatic carbocycles. The minimum absolute atomic E-state index is 0.0221. The number of hydrogen-bond acceptors (Lipinski definition) is 7. The van der Waals surface area contributed by atoms with E-state index in [1.807, 2.05) is 16.4 Å². The summed E-state index contributed by atoms with van der Waals surface area (Å²) in [6.07, 6.45) is 0. The molecule has 1 fully saturated rings. The van der Waals surface area contributed by atoms with E-state index in [2.05, 4.69) is 5.32 Å². The maximum atomic E-state index is 14.8. The number of piperazine rings is 1. The predicted octanol–water partition coefficient (Wildman–Crippen LogP) is 1.32. The first kappa shape index (κ1) is 18.3. The maximum Gasteiger partial charge on any atom is 0.344 e. The van der Waals surface area contributed by atoms with Gasteiger partial charge in [-0.25, -0.2) is 9.18 Å². The van der Waals surface area contributed by atoms with E-state index in [9.17, 15) is 14.0 Å². The molecule has 144 valence electrons. The molecule has 2 aromatic rings. The standard InChI is InChI=1S/C18H20FN3O4S/c1-10-22-13-9-14(21-4-2-20-3-5-21)12(19)8-11(13)16(24)15(17(22)27-10)18(25)26-7-6-23/h8-10,20,23H,2-7H2,1H3. The molecule has 9 heteroatoms. The van der Waals surface area contributed by atoms with Crippen molar-refractivity contribution in [1.29, 1.82) is 0 Å². The van der Waals surface area contributed by atoms with Crippen molar-refractivity contribution in [3.63, 3.8) is 0 Å². The summed E-state index contributed by atoms with van der Waals surface area (Å²) >= 11 is 1.40. The quantitative estimate of drug-likeness (QED) is 0.758. The summed E-state index contributed by atoms with van der Waals surface area (Å²) in [4.78, 5) is 27.2. The molecule has 0 bridgehead atoms. The number of nitrogens with one attached hydrogen (secondary N) is 1. The number of aliphatic hydroxyl groups excluding tert-OH is 1. The van der Waals surface area contributed by atoms with Gasteiger partial charge in [-0.1, -0.05) is 11.8 Å². The monoisotopic (exact) mass is 393 g/mol. The Morgan fingerprint density at radius 2 is 2.15 bits per heavy atom. The molecule has 4 rings (SSSR count). The number of pyridine rings is 1. The Labute approximate surface area is 159 Å². The van der Waals surface area contributed by atoms with Crippen LogP contribution in [0.2, 0.25) is 0 Å². The number of esters is 1. The topological polar surface area (TPSA) is 83.8 Å². The van der Waals surface area contributed by atoms with Crippen molar-refractivity contribution in [1.82, 2.24) is 9.88 Å². The zero-order valence-electron chi connectivity index (χ0n) is 14.8. The minimum atomic E-state index is -0.786. The number of aromatic nitrogens is 1. The number of rotatable bonds is 4. The molecule has 1 unspecified atom stereocenters. The summed E-state index contributed by atoms with van der Waals surface area (Å²) in [6, 6.07) is 2.93. The third-order valence-electron chi connectivity index (χ3n) is 4.86. The minimum Gasteiger partial charge on any atom is -0.459 e. The van der Waals surface area contributed by atoms with Gasteiger partial charge >= 0.3 is 5.97 Å². The van der Waals surface area contributed by atoms with E-state index in [0.29, 0.717) is 29.3 Å². The van der Waals surface area contributed by atoms with Crippen molar-refractivity contribution in [3.05, 3.63) is 33.7 Å². The van der Waals surface area contributed by atoms with Crippen LogP contribution in [0.1, 0.15) is 22.7 Å². The number of aliphatic hydroxyl groups is 1. The number of nitrogens with zero attached hydrogens (tertiary/aromatic N) is 2. The van der Waals surface area contributed by atoms with E-state index >= 15 is 0 Å².